The van der Waals surface area contributed by atoms with Crippen LogP contribution >= 0.6 is 35.1 Å². The molecule has 0 unspecified atom stereocenters. The fourth-order valence-electron chi connectivity index (χ4n) is 4.39. The lowest BCUT2D eigenvalue weighted by Crippen LogP contribution is -2.33. The summed E-state index contributed by atoms with van der Waals surface area (Å²) in [6.45, 7) is 5.14. The first-order chi connectivity index (χ1) is 24.6. The molecule has 19 heteroatoms. The highest BCUT2D eigenvalue weighted by atomic mass is 35.5. The van der Waals surface area contributed by atoms with Crippen molar-refractivity contribution in [3.63, 3.8) is 0 Å². The first-order valence-corrected chi connectivity index (χ1v) is 17.8. The third-order valence-electron chi connectivity index (χ3n) is 6.89. The number of nitriles is 1. The minimum absolute atomic E-state index is 0.171. The lowest BCUT2D eigenvalue weighted by atomic mass is 10.2. The van der Waals surface area contributed by atoms with Crippen molar-refractivity contribution in [1.29, 1.82) is 5.26 Å². The Labute approximate surface area is 307 Å². The molecule has 0 radical (unpaired) electrons. The second-order valence-electron chi connectivity index (χ2n) is 10.4. The van der Waals surface area contributed by atoms with Crippen LogP contribution < -0.4 is 10.3 Å². The van der Waals surface area contributed by atoms with E-state index in [1.807, 2.05) is 42.6 Å². The minimum Gasteiger partial charge on any atom is -0.490 e. The molecule has 0 bridgehead atoms. The number of rotatable bonds is 11. The quantitative estimate of drug-likeness (QED) is 0.0947. The highest BCUT2D eigenvalue weighted by molar-refractivity contribution is 8.14. The largest absolute Gasteiger partial charge is 0.490 e. The van der Waals surface area contributed by atoms with Gasteiger partial charge in [0.15, 0.2) is 5.17 Å². The van der Waals surface area contributed by atoms with Gasteiger partial charge in [-0.3, -0.25) is 19.7 Å². The first-order valence-electron chi connectivity index (χ1n) is 15.5. The highest BCUT2D eigenvalue weighted by Gasteiger charge is 2.20. The number of pyridine rings is 1. The molecule has 2 amide bonds. The lowest BCUT2D eigenvalue weighted by Gasteiger charge is -2.22. The molecule has 2 aliphatic heterocycles. The van der Waals surface area contributed by atoms with Crippen LogP contribution in [0.5, 0.6) is 5.75 Å². The number of likely N-dealkylation sites (N-methyl/N-ethyl adjacent to an activating group) is 1. The number of aromatic nitrogens is 3. The number of nitro groups is 1. The zero-order chi connectivity index (χ0) is 37.0. The van der Waals surface area contributed by atoms with E-state index in [0.717, 1.165) is 53.5 Å². The standard InChI is InChI=1S/C16H19N3O4.C10H9ClN4S.C6H8N2O3S/c1-2-18(16(21)22)8-9-23-14-10-15(20)19(17-11-14)12-13-6-4-3-5-7-13;11-9-2-1-8(5-13-9)6-15-3-4-16-10(15)14-7-12;9-5-7-2-1-3-12-6(7)4-8(10)11/h3-7,10-11H,2,8-9,12H2,1H3,(H,21,22);1-2,5H,3-4,6H2;4-5H,1-3H2. The maximum Gasteiger partial charge on any atom is 0.407 e. The van der Waals surface area contributed by atoms with Crippen LogP contribution in [0.2, 0.25) is 5.15 Å². The van der Waals surface area contributed by atoms with Crippen molar-refractivity contribution in [3.05, 3.63) is 109 Å². The molecular weight excluding hydrogens is 722 g/mol. The summed E-state index contributed by atoms with van der Waals surface area (Å²) in [5.41, 5.74) is 1.78. The Hall–Kier alpha value is -5.12. The van der Waals surface area contributed by atoms with Gasteiger partial charge in [0.05, 0.1) is 24.2 Å². The van der Waals surface area contributed by atoms with Gasteiger partial charge >= 0.3 is 6.09 Å². The van der Waals surface area contributed by atoms with Crippen LogP contribution in [-0.4, -0.2) is 101 Å². The molecule has 3 aromatic rings. The van der Waals surface area contributed by atoms with E-state index in [0.29, 0.717) is 42.0 Å². The zero-order valence-corrected chi connectivity index (χ0v) is 30.0. The van der Waals surface area contributed by atoms with Crippen molar-refractivity contribution < 1.29 is 24.4 Å². The smallest absolute Gasteiger partial charge is 0.407 e. The fourth-order valence-corrected chi connectivity index (χ4v) is 6.38. The minimum atomic E-state index is -0.993. The second kappa shape index (κ2) is 21.9. The van der Waals surface area contributed by atoms with Crippen LogP contribution in [0, 0.1) is 21.6 Å². The predicted octanol–water partition coefficient (Wildman–Crippen LogP) is 4.45. The Bertz CT molecular complexity index is 1760. The Balaban J connectivity index is 0.000000219. The summed E-state index contributed by atoms with van der Waals surface area (Å²) in [7, 11) is 0. The van der Waals surface area contributed by atoms with Crippen LogP contribution in [-0.2, 0) is 17.9 Å². The second-order valence-corrected chi connectivity index (χ2v) is 13.0. The van der Waals surface area contributed by atoms with E-state index in [2.05, 4.69) is 20.0 Å². The van der Waals surface area contributed by atoms with Gasteiger partial charge in [-0.25, -0.2) is 14.5 Å². The number of carbonyl (C=O) groups excluding carboxylic acids is 1. The highest BCUT2D eigenvalue weighted by Crippen LogP contribution is 2.25. The summed E-state index contributed by atoms with van der Waals surface area (Å²) < 4.78 is 6.74. The van der Waals surface area contributed by atoms with Crippen molar-refractivity contribution in [2.24, 2.45) is 4.99 Å². The third kappa shape index (κ3) is 14.3. The van der Waals surface area contributed by atoms with Crippen molar-refractivity contribution in [2.45, 2.75) is 26.4 Å². The number of amides is 2. The van der Waals surface area contributed by atoms with E-state index in [9.17, 15) is 24.5 Å². The summed E-state index contributed by atoms with van der Waals surface area (Å²) in [6.07, 6.45) is 6.42. The van der Waals surface area contributed by atoms with Gasteiger partial charge in [-0.05, 0) is 30.5 Å². The Morgan fingerprint density at radius 3 is 2.59 bits per heavy atom. The van der Waals surface area contributed by atoms with Crippen LogP contribution in [0.1, 0.15) is 24.5 Å². The monoisotopic (exact) mass is 757 g/mol. The van der Waals surface area contributed by atoms with E-state index in [-0.39, 0.29) is 18.7 Å². The van der Waals surface area contributed by atoms with Gasteiger partial charge < -0.3 is 24.5 Å². The maximum atomic E-state index is 12.0. The number of carboxylic acid groups (broad SMARTS) is 1. The molecule has 0 aliphatic carbocycles. The van der Waals surface area contributed by atoms with Gasteiger partial charge in [0.2, 0.25) is 12.6 Å². The molecule has 2 aromatic heterocycles. The molecule has 5 rings (SSSR count). The van der Waals surface area contributed by atoms with Gasteiger partial charge in [-0.1, -0.05) is 59.8 Å². The normalized spacial score (nSPS) is 15.2. The summed E-state index contributed by atoms with van der Waals surface area (Å²) in [5, 5.41) is 33.3. The van der Waals surface area contributed by atoms with Crippen LogP contribution in [0.4, 0.5) is 4.79 Å². The van der Waals surface area contributed by atoms with Gasteiger partial charge in [-0.15, -0.1) is 16.8 Å². The molecule has 0 atom stereocenters. The molecule has 0 spiro atoms. The molecule has 4 heterocycles. The molecule has 1 aromatic carbocycles. The number of halogens is 1. The first kappa shape index (κ1) is 40.3. The number of nitrogens with zero attached hydrogens (tertiary/aromatic N) is 9. The van der Waals surface area contributed by atoms with Crippen LogP contribution in [0.15, 0.2) is 81.9 Å². The van der Waals surface area contributed by atoms with Crippen molar-refractivity contribution >= 4 is 52.8 Å². The number of carbonyl (C=O) groups is 2. The summed E-state index contributed by atoms with van der Waals surface area (Å²) in [5.74, 6) is 2.15. The van der Waals surface area contributed by atoms with E-state index < -0.39 is 11.0 Å². The maximum absolute atomic E-state index is 12.0. The van der Waals surface area contributed by atoms with Crippen molar-refractivity contribution in [1.82, 2.24) is 29.5 Å². The average molecular weight is 758 g/mol. The molecule has 2 fully saturated rings. The molecule has 2 aliphatic rings. The number of thioether (sulfide) groups is 2. The number of amidine groups is 1. The average Bonchev–Trinajstić information content (AvgIpc) is 3.56. The predicted molar refractivity (Wildman–Crippen MR) is 195 cm³/mol. The van der Waals surface area contributed by atoms with Gasteiger partial charge in [-0.2, -0.15) is 10.4 Å². The van der Waals surface area contributed by atoms with Crippen LogP contribution in [0.3, 0.4) is 0 Å². The number of aliphatic imine (C=N–C) groups is 1. The molecule has 51 heavy (non-hydrogen) atoms. The fraction of sp³-hybridized carbons (Fsp3) is 0.344. The molecule has 16 nitrogen and oxygen atoms in total. The Morgan fingerprint density at radius 2 is 1.96 bits per heavy atom. The SMILES string of the molecule is CCN(CCOc1cnn(Cc2ccccc2)c(=O)c1)C(=O)O.N#CN=C1SCCN1Cc1ccc(Cl)nc1.O=CN1CCCSC1=C[N+](=O)[O-]. The number of hydrogen-bond acceptors (Lipinski definition) is 12. The molecule has 2 saturated heterocycles. The summed E-state index contributed by atoms with van der Waals surface area (Å²) in [6, 6.07) is 14.6. The van der Waals surface area contributed by atoms with E-state index in [1.54, 1.807) is 30.9 Å². The Morgan fingerprint density at radius 1 is 1.18 bits per heavy atom. The van der Waals surface area contributed by atoms with Crippen molar-refractivity contribution in [3.8, 4) is 11.9 Å². The number of hydrogen-bond donors (Lipinski definition) is 1. The summed E-state index contributed by atoms with van der Waals surface area (Å²) >= 11 is 8.65. The van der Waals surface area contributed by atoms with E-state index in [4.69, 9.17) is 26.7 Å². The number of ether oxygens (including phenoxy) is 1. The van der Waals surface area contributed by atoms with E-state index in [1.165, 1.54) is 38.5 Å². The van der Waals surface area contributed by atoms with E-state index >= 15 is 0 Å². The Kier molecular flexibility index (Phi) is 17.3. The van der Waals surface area contributed by atoms with Crippen LogP contribution in [0.25, 0.3) is 0 Å². The van der Waals surface area contributed by atoms with Gasteiger partial charge in [0.25, 0.3) is 11.8 Å². The zero-order valence-electron chi connectivity index (χ0n) is 27.6. The third-order valence-corrected chi connectivity index (χ3v) is 9.24. The van der Waals surface area contributed by atoms with Crippen molar-refractivity contribution in [2.75, 3.05) is 44.3 Å². The molecular formula is C32H36ClN9O7S2. The number of benzene rings is 1. The topological polar surface area (TPSA) is 200 Å². The molecule has 0 saturated carbocycles. The van der Waals surface area contributed by atoms with Gasteiger partial charge in [0.1, 0.15) is 22.5 Å². The lowest BCUT2D eigenvalue weighted by molar-refractivity contribution is -0.403. The summed E-state index contributed by atoms with van der Waals surface area (Å²) in [4.78, 5) is 55.3. The molecule has 1 N–H and O–H groups in total. The van der Waals surface area contributed by atoms with Gasteiger partial charge in [0, 0.05) is 49.9 Å². The molecule has 270 valence electrons.